The number of thioether (sulfide) groups is 1. The van der Waals surface area contributed by atoms with Gasteiger partial charge in [-0.25, -0.2) is 0 Å². The molecule has 88 valence electrons. The van der Waals surface area contributed by atoms with Gasteiger partial charge in [0.25, 0.3) is 0 Å². The molecule has 16 heavy (non-hydrogen) atoms. The Kier molecular flexibility index (Phi) is 4.74. The maximum absolute atomic E-state index is 3.46. The average Bonchev–Trinajstić information content (AvgIpc) is 3.10. The average molecular weight is 300 g/mol. The van der Waals surface area contributed by atoms with E-state index in [4.69, 9.17) is 0 Å². The Morgan fingerprint density at radius 2 is 2.06 bits per heavy atom. The smallest absolute Gasteiger partial charge is 0.0176 e. The van der Waals surface area contributed by atoms with Crippen LogP contribution in [0.2, 0.25) is 0 Å². The van der Waals surface area contributed by atoms with Crippen molar-refractivity contribution in [2.75, 3.05) is 12.8 Å². The van der Waals surface area contributed by atoms with Crippen LogP contribution in [-0.2, 0) is 0 Å². The quantitative estimate of drug-likeness (QED) is 0.799. The molecular formula is C13H18BrNS. The minimum absolute atomic E-state index is 0.668. The van der Waals surface area contributed by atoms with E-state index in [1.165, 1.54) is 29.9 Å². The molecule has 1 aliphatic rings. The van der Waals surface area contributed by atoms with Gasteiger partial charge in [-0.05, 0) is 43.7 Å². The van der Waals surface area contributed by atoms with Gasteiger partial charge in [0, 0.05) is 21.2 Å². The first-order valence-corrected chi connectivity index (χ1v) is 7.61. The van der Waals surface area contributed by atoms with E-state index >= 15 is 0 Å². The molecule has 0 amide bonds. The van der Waals surface area contributed by atoms with Crippen molar-refractivity contribution in [2.45, 2.75) is 30.2 Å². The molecule has 0 heterocycles. The summed E-state index contributed by atoms with van der Waals surface area (Å²) in [7, 11) is 2.08. The highest BCUT2D eigenvalue weighted by atomic mass is 79.9. The van der Waals surface area contributed by atoms with Crippen molar-refractivity contribution < 1.29 is 0 Å². The number of halogens is 1. The van der Waals surface area contributed by atoms with Gasteiger partial charge in [0.1, 0.15) is 0 Å². The lowest BCUT2D eigenvalue weighted by Gasteiger charge is -2.15. The first-order valence-electron chi connectivity index (χ1n) is 5.83. The summed E-state index contributed by atoms with van der Waals surface area (Å²) in [4.78, 5) is 1.36. The van der Waals surface area contributed by atoms with Crippen LogP contribution in [0.5, 0.6) is 0 Å². The number of benzene rings is 1. The first kappa shape index (κ1) is 12.5. The predicted octanol–water partition coefficient (Wildman–Crippen LogP) is 3.93. The van der Waals surface area contributed by atoms with Gasteiger partial charge in [-0.1, -0.05) is 28.8 Å². The second-order valence-corrected chi connectivity index (χ2v) is 6.44. The molecule has 1 aliphatic carbocycles. The largest absolute Gasteiger partial charge is 0.316 e. The van der Waals surface area contributed by atoms with Crippen LogP contribution >= 0.6 is 27.7 Å². The Morgan fingerprint density at radius 3 is 2.62 bits per heavy atom. The summed E-state index contributed by atoms with van der Waals surface area (Å²) in [6.45, 7) is 0. The standard InChI is InChI=1S/C13H18BrNS/c1-15-12(8-10-2-3-10)9-16-13-6-4-11(14)5-7-13/h4-7,10,12,15H,2-3,8-9H2,1H3. The van der Waals surface area contributed by atoms with Crippen molar-refractivity contribution >= 4 is 27.7 Å². The minimum Gasteiger partial charge on any atom is -0.316 e. The van der Waals surface area contributed by atoms with Crippen LogP contribution in [0, 0.1) is 5.92 Å². The highest BCUT2D eigenvalue weighted by Gasteiger charge is 2.24. The van der Waals surface area contributed by atoms with Crippen molar-refractivity contribution in [2.24, 2.45) is 5.92 Å². The van der Waals surface area contributed by atoms with Gasteiger partial charge < -0.3 is 5.32 Å². The fraction of sp³-hybridized carbons (Fsp3) is 0.538. The van der Waals surface area contributed by atoms with E-state index in [-0.39, 0.29) is 0 Å². The van der Waals surface area contributed by atoms with Crippen molar-refractivity contribution in [1.29, 1.82) is 0 Å². The topological polar surface area (TPSA) is 12.0 Å². The molecule has 1 unspecified atom stereocenters. The van der Waals surface area contributed by atoms with E-state index < -0.39 is 0 Å². The van der Waals surface area contributed by atoms with E-state index in [1.807, 2.05) is 11.8 Å². The fourth-order valence-corrected chi connectivity index (χ4v) is 3.04. The third kappa shape index (κ3) is 4.11. The SMILES string of the molecule is CNC(CSc1ccc(Br)cc1)CC1CC1. The second-order valence-electron chi connectivity index (χ2n) is 4.43. The molecule has 1 N–H and O–H groups in total. The first-order chi connectivity index (χ1) is 7.78. The van der Waals surface area contributed by atoms with Crippen molar-refractivity contribution in [1.82, 2.24) is 5.32 Å². The molecule has 1 aromatic carbocycles. The van der Waals surface area contributed by atoms with Gasteiger partial charge in [-0.15, -0.1) is 11.8 Å². The van der Waals surface area contributed by atoms with Gasteiger partial charge in [-0.2, -0.15) is 0 Å². The van der Waals surface area contributed by atoms with Crippen LogP contribution in [0.25, 0.3) is 0 Å². The fourth-order valence-electron chi connectivity index (χ4n) is 1.75. The maximum atomic E-state index is 3.46. The zero-order chi connectivity index (χ0) is 11.4. The second kappa shape index (κ2) is 6.08. The number of nitrogens with one attached hydrogen (secondary N) is 1. The summed E-state index contributed by atoms with van der Waals surface area (Å²) in [5.74, 6) is 2.18. The van der Waals surface area contributed by atoms with E-state index in [1.54, 1.807) is 0 Å². The van der Waals surface area contributed by atoms with Gasteiger partial charge in [0.15, 0.2) is 0 Å². The molecular weight excluding hydrogens is 282 g/mol. The minimum atomic E-state index is 0.668. The summed E-state index contributed by atoms with van der Waals surface area (Å²) >= 11 is 5.41. The predicted molar refractivity (Wildman–Crippen MR) is 75.1 cm³/mol. The number of hydrogen-bond acceptors (Lipinski definition) is 2. The molecule has 0 aromatic heterocycles. The molecule has 0 aliphatic heterocycles. The molecule has 1 aromatic rings. The molecule has 0 radical (unpaired) electrons. The Hall–Kier alpha value is 0.01000. The molecule has 1 saturated carbocycles. The van der Waals surface area contributed by atoms with E-state index in [0.29, 0.717) is 6.04 Å². The van der Waals surface area contributed by atoms with Crippen LogP contribution in [0.1, 0.15) is 19.3 Å². The van der Waals surface area contributed by atoms with Crippen molar-refractivity contribution in [3.8, 4) is 0 Å². The van der Waals surface area contributed by atoms with Crippen LogP contribution in [0.15, 0.2) is 33.6 Å². The van der Waals surface area contributed by atoms with Crippen molar-refractivity contribution in [3.63, 3.8) is 0 Å². The zero-order valence-corrected chi connectivity index (χ0v) is 12.0. The number of hydrogen-bond donors (Lipinski definition) is 1. The van der Waals surface area contributed by atoms with Crippen LogP contribution in [0.4, 0.5) is 0 Å². The lowest BCUT2D eigenvalue weighted by molar-refractivity contribution is 0.536. The zero-order valence-electron chi connectivity index (χ0n) is 9.58. The van der Waals surface area contributed by atoms with Crippen LogP contribution in [-0.4, -0.2) is 18.8 Å². The Balaban J connectivity index is 1.77. The normalized spacial score (nSPS) is 17.4. The number of rotatable bonds is 6. The van der Waals surface area contributed by atoms with E-state index in [2.05, 4.69) is 52.6 Å². The Morgan fingerprint density at radius 1 is 1.38 bits per heavy atom. The van der Waals surface area contributed by atoms with E-state index in [9.17, 15) is 0 Å². The van der Waals surface area contributed by atoms with Gasteiger partial charge in [0.05, 0.1) is 0 Å². The highest BCUT2D eigenvalue weighted by molar-refractivity contribution is 9.10. The maximum Gasteiger partial charge on any atom is 0.0176 e. The molecule has 2 rings (SSSR count). The van der Waals surface area contributed by atoms with Gasteiger partial charge in [0.2, 0.25) is 0 Å². The summed E-state index contributed by atoms with van der Waals surface area (Å²) < 4.78 is 1.15. The third-order valence-corrected chi connectivity index (χ3v) is 4.69. The van der Waals surface area contributed by atoms with Crippen molar-refractivity contribution in [3.05, 3.63) is 28.7 Å². The van der Waals surface area contributed by atoms with Gasteiger partial charge in [-0.3, -0.25) is 0 Å². The van der Waals surface area contributed by atoms with Gasteiger partial charge >= 0.3 is 0 Å². The van der Waals surface area contributed by atoms with Crippen LogP contribution < -0.4 is 5.32 Å². The van der Waals surface area contributed by atoms with Crippen LogP contribution in [0.3, 0.4) is 0 Å². The Bertz CT molecular complexity index is 321. The highest BCUT2D eigenvalue weighted by Crippen LogP contribution is 2.34. The monoisotopic (exact) mass is 299 g/mol. The summed E-state index contributed by atoms with van der Waals surface area (Å²) in [6.07, 6.45) is 4.24. The lowest BCUT2D eigenvalue weighted by Crippen LogP contribution is -2.28. The third-order valence-electron chi connectivity index (χ3n) is 2.99. The molecule has 0 spiro atoms. The van der Waals surface area contributed by atoms with E-state index in [0.717, 1.165) is 10.4 Å². The molecule has 1 nitrogen and oxygen atoms in total. The summed E-state index contributed by atoms with van der Waals surface area (Å²) in [5, 5.41) is 3.42. The molecule has 3 heteroatoms. The molecule has 0 bridgehead atoms. The molecule has 1 fully saturated rings. The summed E-state index contributed by atoms with van der Waals surface area (Å²) in [5.41, 5.74) is 0. The molecule has 1 atom stereocenters. The Labute approximate surface area is 111 Å². The lowest BCUT2D eigenvalue weighted by atomic mass is 10.2. The molecule has 0 saturated heterocycles. The summed E-state index contributed by atoms with van der Waals surface area (Å²) in [6, 6.07) is 9.24.